The standard InChI is InChI=1S/C30H35Cl2N3O4S/c1-19(2)33-30(37)23(6)34(17-25-26(31)8-7-9-27(25)32)29(36)18-35(28-15-12-21(4)16-22(28)5)40(38,39)24-13-10-20(3)11-14-24/h7-16,19,23H,17-18H2,1-6H3,(H,33,37). The maximum atomic E-state index is 14.0. The lowest BCUT2D eigenvalue weighted by molar-refractivity contribution is -0.139. The molecule has 0 radical (unpaired) electrons. The van der Waals surface area contributed by atoms with E-state index in [1.54, 1.807) is 56.3 Å². The van der Waals surface area contributed by atoms with E-state index in [-0.39, 0.29) is 23.4 Å². The Morgan fingerprint density at radius 1 is 0.875 bits per heavy atom. The molecule has 214 valence electrons. The van der Waals surface area contributed by atoms with Gasteiger partial charge in [0.2, 0.25) is 11.8 Å². The fraction of sp³-hybridized carbons (Fsp3) is 0.333. The van der Waals surface area contributed by atoms with Gasteiger partial charge in [0.05, 0.1) is 10.6 Å². The van der Waals surface area contributed by atoms with Gasteiger partial charge in [-0.15, -0.1) is 0 Å². The van der Waals surface area contributed by atoms with Crippen molar-refractivity contribution in [1.82, 2.24) is 10.2 Å². The Kier molecular flexibility index (Phi) is 10.3. The number of rotatable bonds is 10. The van der Waals surface area contributed by atoms with E-state index in [0.29, 0.717) is 26.9 Å². The van der Waals surface area contributed by atoms with Crippen molar-refractivity contribution in [3.8, 4) is 0 Å². The SMILES string of the molecule is Cc1ccc(S(=O)(=O)N(CC(=O)N(Cc2c(Cl)cccc2Cl)C(C)C(=O)NC(C)C)c2ccc(C)cc2C)cc1. The number of benzene rings is 3. The van der Waals surface area contributed by atoms with E-state index in [9.17, 15) is 18.0 Å². The molecule has 1 unspecified atom stereocenters. The zero-order valence-electron chi connectivity index (χ0n) is 23.5. The molecule has 0 bridgehead atoms. The van der Waals surface area contributed by atoms with Crippen LogP contribution in [0.3, 0.4) is 0 Å². The fourth-order valence-electron chi connectivity index (χ4n) is 4.28. The molecule has 1 atom stereocenters. The largest absolute Gasteiger partial charge is 0.352 e. The summed E-state index contributed by atoms with van der Waals surface area (Å²) in [6.45, 7) is 10.2. The summed E-state index contributed by atoms with van der Waals surface area (Å²) >= 11 is 12.8. The van der Waals surface area contributed by atoms with Gasteiger partial charge in [-0.05, 0) is 77.4 Å². The van der Waals surface area contributed by atoms with Crippen molar-refractivity contribution >= 4 is 50.7 Å². The molecule has 0 aliphatic carbocycles. The Hall–Kier alpha value is -3.07. The number of halogens is 2. The lowest BCUT2D eigenvalue weighted by Crippen LogP contribution is -2.52. The van der Waals surface area contributed by atoms with E-state index in [1.165, 1.54) is 17.0 Å². The Morgan fingerprint density at radius 2 is 1.45 bits per heavy atom. The zero-order valence-corrected chi connectivity index (χ0v) is 25.9. The molecule has 7 nitrogen and oxygen atoms in total. The van der Waals surface area contributed by atoms with Gasteiger partial charge in [-0.2, -0.15) is 0 Å². The van der Waals surface area contributed by atoms with E-state index >= 15 is 0 Å². The minimum Gasteiger partial charge on any atom is -0.352 e. The number of carbonyl (C=O) groups is 2. The average molecular weight is 605 g/mol. The number of carbonyl (C=O) groups excluding carboxylic acids is 2. The van der Waals surface area contributed by atoms with Gasteiger partial charge in [0, 0.05) is 28.2 Å². The first-order valence-corrected chi connectivity index (χ1v) is 15.1. The minimum atomic E-state index is -4.16. The second-order valence-electron chi connectivity index (χ2n) is 10.2. The maximum Gasteiger partial charge on any atom is 0.264 e. The summed E-state index contributed by atoms with van der Waals surface area (Å²) in [5, 5.41) is 3.49. The van der Waals surface area contributed by atoms with Crippen LogP contribution in [0.25, 0.3) is 0 Å². The minimum absolute atomic E-state index is 0.0529. The van der Waals surface area contributed by atoms with Crippen LogP contribution in [0.15, 0.2) is 65.6 Å². The van der Waals surface area contributed by atoms with Crippen LogP contribution >= 0.6 is 23.2 Å². The summed E-state index contributed by atoms with van der Waals surface area (Å²) in [7, 11) is -4.16. The van der Waals surface area contributed by atoms with Crippen LogP contribution in [0.1, 0.15) is 43.0 Å². The highest BCUT2D eigenvalue weighted by Gasteiger charge is 2.33. The first-order valence-electron chi connectivity index (χ1n) is 12.9. The predicted octanol–water partition coefficient (Wildman–Crippen LogP) is 6.06. The molecule has 0 aliphatic rings. The Labute approximate surface area is 247 Å². The molecule has 0 aliphatic heterocycles. The number of hydrogen-bond acceptors (Lipinski definition) is 4. The molecule has 0 saturated heterocycles. The van der Waals surface area contributed by atoms with Crippen molar-refractivity contribution in [2.75, 3.05) is 10.8 Å². The number of aryl methyl sites for hydroxylation is 3. The van der Waals surface area contributed by atoms with Crippen LogP contribution in [-0.2, 0) is 26.2 Å². The molecule has 0 heterocycles. The van der Waals surface area contributed by atoms with E-state index in [2.05, 4.69) is 5.32 Å². The molecule has 1 N–H and O–H groups in total. The normalized spacial score (nSPS) is 12.2. The topological polar surface area (TPSA) is 86.8 Å². The van der Waals surface area contributed by atoms with Crippen LogP contribution in [0.5, 0.6) is 0 Å². The Balaban J connectivity index is 2.11. The van der Waals surface area contributed by atoms with Gasteiger partial charge in [-0.1, -0.05) is 64.7 Å². The van der Waals surface area contributed by atoms with Crippen LogP contribution < -0.4 is 9.62 Å². The van der Waals surface area contributed by atoms with E-state index in [0.717, 1.165) is 15.4 Å². The smallest absolute Gasteiger partial charge is 0.264 e. The third-order valence-corrected chi connectivity index (χ3v) is 8.98. The number of hydrogen-bond donors (Lipinski definition) is 1. The molecule has 3 aromatic rings. The quantitative estimate of drug-likeness (QED) is 0.305. The first-order chi connectivity index (χ1) is 18.7. The van der Waals surface area contributed by atoms with Crippen molar-refractivity contribution in [1.29, 1.82) is 0 Å². The van der Waals surface area contributed by atoms with Crippen molar-refractivity contribution in [3.05, 3.63) is 93.0 Å². The first kappa shape index (κ1) is 31.5. The number of nitrogens with zero attached hydrogens (tertiary/aromatic N) is 2. The lowest BCUT2D eigenvalue weighted by Gasteiger charge is -2.33. The van der Waals surface area contributed by atoms with Crippen molar-refractivity contribution in [3.63, 3.8) is 0 Å². The number of amides is 2. The van der Waals surface area contributed by atoms with E-state index in [1.807, 2.05) is 33.8 Å². The summed E-state index contributed by atoms with van der Waals surface area (Å²) in [6, 6.07) is 15.7. The molecule has 10 heteroatoms. The third kappa shape index (κ3) is 7.36. The molecule has 40 heavy (non-hydrogen) atoms. The van der Waals surface area contributed by atoms with Crippen LogP contribution in [0.4, 0.5) is 5.69 Å². The van der Waals surface area contributed by atoms with Gasteiger partial charge in [-0.25, -0.2) is 8.42 Å². The second-order valence-corrected chi connectivity index (χ2v) is 12.9. The Morgan fingerprint density at radius 3 is 2.00 bits per heavy atom. The summed E-state index contributed by atoms with van der Waals surface area (Å²) < 4.78 is 29.1. The van der Waals surface area contributed by atoms with Crippen molar-refractivity contribution < 1.29 is 18.0 Å². The molecule has 3 rings (SSSR count). The second kappa shape index (κ2) is 13.1. The molecule has 2 amide bonds. The van der Waals surface area contributed by atoms with Gasteiger partial charge in [0.1, 0.15) is 12.6 Å². The Bertz CT molecular complexity index is 1470. The van der Waals surface area contributed by atoms with Crippen LogP contribution in [0.2, 0.25) is 10.0 Å². The van der Waals surface area contributed by atoms with Crippen LogP contribution in [-0.4, -0.2) is 43.8 Å². The maximum absolute atomic E-state index is 14.0. The zero-order chi connectivity index (χ0) is 29.8. The van der Waals surface area contributed by atoms with Gasteiger partial charge in [-0.3, -0.25) is 13.9 Å². The highest BCUT2D eigenvalue weighted by Crippen LogP contribution is 2.30. The van der Waals surface area contributed by atoms with Gasteiger partial charge in [0.25, 0.3) is 10.0 Å². The molecule has 0 saturated carbocycles. The van der Waals surface area contributed by atoms with Crippen LogP contribution in [0, 0.1) is 20.8 Å². The highest BCUT2D eigenvalue weighted by atomic mass is 35.5. The highest BCUT2D eigenvalue weighted by molar-refractivity contribution is 7.92. The molecule has 0 spiro atoms. The summed E-state index contributed by atoms with van der Waals surface area (Å²) in [4.78, 5) is 28.5. The molecule has 3 aromatic carbocycles. The summed E-state index contributed by atoms with van der Waals surface area (Å²) in [5.41, 5.74) is 3.38. The van der Waals surface area contributed by atoms with Crippen molar-refractivity contribution in [2.24, 2.45) is 0 Å². The van der Waals surface area contributed by atoms with Gasteiger partial charge >= 0.3 is 0 Å². The summed E-state index contributed by atoms with van der Waals surface area (Å²) in [5.74, 6) is -0.968. The van der Waals surface area contributed by atoms with Crippen molar-refractivity contribution in [2.45, 2.75) is 65.1 Å². The number of sulfonamides is 1. The molecular formula is C30H35Cl2N3O4S. The lowest BCUT2D eigenvalue weighted by atomic mass is 10.1. The summed E-state index contributed by atoms with van der Waals surface area (Å²) in [6.07, 6.45) is 0. The molecule has 0 aromatic heterocycles. The molecule has 0 fully saturated rings. The average Bonchev–Trinajstić information content (AvgIpc) is 2.87. The monoisotopic (exact) mass is 603 g/mol. The van der Waals surface area contributed by atoms with Gasteiger partial charge < -0.3 is 10.2 Å². The molecular weight excluding hydrogens is 569 g/mol. The third-order valence-electron chi connectivity index (χ3n) is 6.50. The van der Waals surface area contributed by atoms with E-state index < -0.39 is 28.5 Å². The predicted molar refractivity (Wildman–Crippen MR) is 161 cm³/mol. The van der Waals surface area contributed by atoms with E-state index in [4.69, 9.17) is 23.2 Å². The number of anilines is 1. The van der Waals surface area contributed by atoms with Gasteiger partial charge in [0.15, 0.2) is 0 Å². The fourth-order valence-corrected chi connectivity index (χ4v) is 6.27. The number of nitrogens with one attached hydrogen (secondary N) is 1.